The first kappa shape index (κ1) is 6.09. The summed E-state index contributed by atoms with van der Waals surface area (Å²) in [5.41, 5.74) is 0. The van der Waals surface area contributed by atoms with E-state index in [2.05, 4.69) is 6.92 Å². The van der Waals surface area contributed by atoms with Crippen LogP contribution in [0.4, 0.5) is 0 Å². The Morgan fingerprint density at radius 2 is 1.88 bits per heavy atom. The third-order valence-corrected chi connectivity index (χ3v) is 2.03. The van der Waals surface area contributed by atoms with Crippen molar-refractivity contribution in [1.82, 2.24) is 0 Å². The largest absolute Gasteiger partial charge is 0.852 e. The Hall–Kier alpha value is -0.0400. The third kappa shape index (κ3) is 1.22. The highest BCUT2D eigenvalue weighted by molar-refractivity contribution is 4.68. The van der Waals surface area contributed by atoms with E-state index in [4.69, 9.17) is 0 Å². The van der Waals surface area contributed by atoms with Gasteiger partial charge in [0.2, 0.25) is 0 Å². The van der Waals surface area contributed by atoms with E-state index in [0.717, 1.165) is 12.8 Å². The summed E-state index contributed by atoms with van der Waals surface area (Å²) < 4.78 is 0. The maximum atomic E-state index is 10.9. The zero-order valence-corrected chi connectivity index (χ0v) is 5.39. The van der Waals surface area contributed by atoms with E-state index >= 15 is 0 Å². The molecule has 0 N–H and O–H groups in total. The van der Waals surface area contributed by atoms with Crippen molar-refractivity contribution in [2.24, 2.45) is 5.92 Å². The summed E-state index contributed by atoms with van der Waals surface area (Å²) >= 11 is 0. The van der Waals surface area contributed by atoms with Crippen LogP contribution >= 0.6 is 0 Å². The van der Waals surface area contributed by atoms with E-state index in [-0.39, 0.29) is 6.10 Å². The molecule has 1 nitrogen and oxygen atoms in total. The first-order valence-corrected chi connectivity index (χ1v) is 3.46. The third-order valence-electron chi connectivity index (χ3n) is 2.03. The smallest absolute Gasteiger partial charge is 0.0517 e. The maximum absolute atomic E-state index is 10.9. The van der Waals surface area contributed by atoms with Crippen LogP contribution in [0, 0.1) is 5.92 Å². The van der Waals surface area contributed by atoms with Crippen LogP contribution in [-0.2, 0) is 0 Å². The van der Waals surface area contributed by atoms with Crippen molar-refractivity contribution >= 4 is 0 Å². The van der Waals surface area contributed by atoms with Gasteiger partial charge in [-0.25, -0.2) is 0 Å². The molecule has 8 heavy (non-hydrogen) atoms. The first-order valence-electron chi connectivity index (χ1n) is 3.46. The molecule has 0 aromatic rings. The lowest BCUT2D eigenvalue weighted by Gasteiger charge is -2.33. The van der Waals surface area contributed by atoms with E-state index in [0.29, 0.717) is 5.92 Å². The quantitative estimate of drug-likeness (QED) is 0.458. The highest BCUT2D eigenvalue weighted by Gasteiger charge is 2.10. The fourth-order valence-electron chi connectivity index (χ4n) is 1.28. The van der Waals surface area contributed by atoms with Gasteiger partial charge in [-0.3, -0.25) is 0 Å². The molecule has 1 rings (SSSR count). The van der Waals surface area contributed by atoms with Gasteiger partial charge in [0, 0.05) is 0 Å². The fourth-order valence-corrected chi connectivity index (χ4v) is 1.28. The van der Waals surface area contributed by atoms with Crippen LogP contribution < -0.4 is 5.11 Å². The summed E-state index contributed by atoms with van der Waals surface area (Å²) in [5, 5.41) is 10.9. The van der Waals surface area contributed by atoms with Gasteiger partial charge < -0.3 is 5.11 Å². The molecule has 1 heteroatoms. The lowest BCUT2D eigenvalue weighted by molar-refractivity contribution is -0.436. The summed E-state index contributed by atoms with van der Waals surface area (Å²) in [7, 11) is 0. The SMILES string of the molecule is C[C@@H]1CCCC[C@H]1[O-]. The number of hydrogen-bond donors (Lipinski definition) is 0. The highest BCUT2D eigenvalue weighted by Crippen LogP contribution is 2.21. The van der Waals surface area contributed by atoms with Crippen molar-refractivity contribution in [3.63, 3.8) is 0 Å². The van der Waals surface area contributed by atoms with Gasteiger partial charge in [-0.15, -0.1) is 6.10 Å². The Bertz CT molecular complexity index is 60.8. The molecular weight excluding hydrogens is 100 g/mol. The molecule has 1 aliphatic rings. The van der Waals surface area contributed by atoms with Crippen molar-refractivity contribution in [3.8, 4) is 0 Å². The van der Waals surface area contributed by atoms with Gasteiger partial charge in [-0.1, -0.05) is 38.5 Å². The molecule has 0 radical (unpaired) electrons. The Kier molecular flexibility index (Phi) is 1.90. The van der Waals surface area contributed by atoms with Crippen LogP contribution in [0.3, 0.4) is 0 Å². The second-order valence-corrected chi connectivity index (χ2v) is 2.80. The molecule has 2 atom stereocenters. The normalized spacial score (nSPS) is 39.8. The van der Waals surface area contributed by atoms with E-state index in [1.165, 1.54) is 12.8 Å². The van der Waals surface area contributed by atoms with Crippen LogP contribution in [0.25, 0.3) is 0 Å². The van der Waals surface area contributed by atoms with Crippen molar-refractivity contribution in [2.75, 3.05) is 0 Å². The van der Waals surface area contributed by atoms with Crippen LogP contribution in [0.1, 0.15) is 32.6 Å². The number of hydrogen-bond acceptors (Lipinski definition) is 1. The van der Waals surface area contributed by atoms with Crippen molar-refractivity contribution < 1.29 is 5.11 Å². The molecule has 0 bridgehead atoms. The molecule has 1 fully saturated rings. The lowest BCUT2D eigenvalue weighted by atomic mass is 9.88. The summed E-state index contributed by atoms with van der Waals surface area (Å²) in [6.07, 6.45) is 4.28. The molecular formula is C7H13O-. The van der Waals surface area contributed by atoms with Crippen molar-refractivity contribution in [2.45, 2.75) is 38.7 Å². The molecule has 0 aromatic carbocycles. The van der Waals surface area contributed by atoms with E-state index in [1.54, 1.807) is 0 Å². The van der Waals surface area contributed by atoms with Gasteiger partial charge in [0.05, 0.1) is 0 Å². The Morgan fingerprint density at radius 1 is 1.25 bits per heavy atom. The molecule has 0 heterocycles. The molecule has 0 aliphatic heterocycles. The fraction of sp³-hybridized carbons (Fsp3) is 1.00. The minimum atomic E-state index is -0.247. The van der Waals surface area contributed by atoms with Crippen LogP contribution in [0.2, 0.25) is 0 Å². The molecule has 1 saturated carbocycles. The van der Waals surface area contributed by atoms with Gasteiger partial charge >= 0.3 is 0 Å². The zero-order chi connectivity index (χ0) is 5.98. The van der Waals surface area contributed by atoms with E-state index < -0.39 is 0 Å². The Morgan fingerprint density at radius 3 is 2.25 bits per heavy atom. The average Bonchev–Trinajstić information content (AvgIpc) is 1.77. The second-order valence-electron chi connectivity index (χ2n) is 2.80. The topological polar surface area (TPSA) is 23.1 Å². The summed E-state index contributed by atoms with van der Waals surface area (Å²) in [6, 6.07) is 0. The van der Waals surface area contributed by atoms with E-state index in [1.807, 2.05) is 0 Å². The predicted octanol–water partition coefficient (Wildman–Crippen LogP) is 0.925. The molecule has 0 amide bonds. The lowest BCUT2D eigenvalue weighted by Crippen LogP contribution is -2.34. The Balaban J connectivity index is 2.28. The zero-order valence-electron chi connectivity index (χ0n) is 5.39. The summed E-state index contributed by atoms with van der Waals surface area (Å²) in [5.74, 6) is 0.448. The highest BCUT2D eigenvalue weighted by atomic mass is 16.3. The minimum Gasteiger partial charge on any atom is -0.852 e. The predicted molar refractivity (Wildman–Crippen MR) is 31.4 cm³/mol. The Labute approximate surface area is 50.7 Å². The molecule has 0 saturated heterocycles. The van der Waals surface area contributed by atoms with Gasteiger partial charge in [-0.2, -0.15) is 0 Å². The van der Waals surface area contributed by atoms with Gasteiger partial charge in [0.25, 0.3) is 0 Å². The maximum Gasteiger partial charge on any atom is -0.0517 e. The van der Waals surface area contributed by atoms with Crippen molar-refractivity contribution in [1.29, 1.82) is 0 Å². The molecule has 0 unspecified atom stereocenters. The average molecular weight is 113 g/mol. The second kappa shape index (κ2) is 2.49. The van der Waals surface area contributed by atoms with Gasteiger partial charge in [-0.05, 0) is 0 Å². The minimum absolute atomic E-state index is 0.247. The number of rotatable bonds is 0. The summed E-state index contributed by atoms with van der Waals surface area (Å²) in [6.45, 7) is 2.07. The standard InChI is InChI=1S/C7H13O/c1-6-4-2-3-5-7(6)8/h6-7H,2-5H2,1H3/q-1/t6-,7-/m1/s1. The summed E-state index contributed by atoms with van der Waals surface area (Å²) in [4.78, 5) is 0. The van der Waals surface area contributed by atoms with Gasteiger partial charge in [0.15, 0.2) is 0 Å². The van der Waals surface area contributed by atoms with E-state index in [9.17, 15) is 5.11 Å². The van der Waals surface area contributed by atoms with Crippen LogP contribution in [-0.4, -0.2) is 6.10 Å². The molecule has 0 spiro atoms. The van der Waals surface area contributed by atoms with Crippen LogP contribution in [0.15, 0.2) is 0 Å². The van der Waals surface area contributed by atoms with Crippen molar-refractivity contribution in [3.05, 3.63) is 0 Å². The first-order chi connectivity index (χ1) is 3.80. The monoisotopic (exact) mass is 113 g/mol. The van der Waals surface area contributed by atoms with Gasteiger partial charge in [0.1, 0.15) is 0 Å². The van der Waals surface area contributed by atoms with Crippen LogP contribution in [0.5, 0.6) is 0 Å². The molecule has 1 aliphatic carbocycles. The molecule has 48 valence electrons. The molecule has 0 aromatic heterocycles.